The maximum atomic E-state index is 5.76. The molecule has 5 nitrogen and oxygen atoms in total. The number of ether oxygens (including phenoxy) is 1. The number of alkyl halides is 1. The number of hydrogen-bond acceptors (Lipinski definition) is 4. The van der Waals surface area contributed by atoms with Gasteiger partial charge in [0, 0.05) is 32.6 Å². The van der Waals surface area contributed by atoms with Crippen LogP contribution in [-0.2, 0) is 17.8 Å². The molecule has 0 aromatic carbocycles. The summed E-state index contributed by atoms with van der Waals surface area (Å²) in [6.07, 6.45) is 1.59. The van der Waals surface area contributed by atoms with Gasteiger partial charge in [-0.15, -0.1) is 11.6 Å². The molecule has 0 unspecified atom stereocenters. The lowest BCUT2D eigenvalue weighted by atomic mass is 10.4. The summed E-state index contributed by atoms with van der Waals surface area (Å²) in [5.41, 5.74) is 0. The number of hydrogen-bond donors (Lipinski definition) is 0. The highest BCUT2D eigenvalue weighted by Gasteiger charge is 2.09. The molecule has 92 valence electrons. The minimum absolute atomic E-state index is 0.615. The zero-order valence-corrected chi connectivity index (χ0v) is 10.7. The first-order valence-electron chi connectivity index (χ1n) is 5.45. The van der Waals surface area contributed by atoms with Gasteiger partial charge in [0.15, 0.2) is 0 Å². The van der Waals surface area contributed by atoms with E-state index in [1.54, 1.807) is 13.4 Å². The van der Waals surface area contributed by atoms with Crippen LogP contribution in [0.1, 0.15) is 12.7 Å². The lowest BCUT2D eigenvalue weighted by Gasteiger charge is -2.20. The van der Waals surface area contributed by atoms with Gasteiger partial charge in [0.2, 0.25) is 0 Å². The number of rotatable bonds is 8. The van der Waals surface area contributed by atoms with E-state index < -0.39 is 0 Å². The van der Waals surface area contributed by atoms with Gasteiger partial charge in [0.25, 0.3) is 0 Å². The highest BCUT2D eigenvalue weighted by Crippen LogP contribution is 2.01. The van der Waals surface area contributed by atoms with Crippen molar-refractivity contribution in [3.05, 3.63) is 12.2 Å². The van der Waals surface area contributed by atoms with Crippen LogP contribution in [0.3, 0.4) is 0 Å². The van der Waals surface area contributed by atoms with Crippen LogP contribution in [-0.4, -0.2) is 52.4 Å². The molecule has 1 aromatic heterocycles. The van der Waals surface area contributed by atoms with Gasteiger partial charge < -0.3 is 4.74 Å². The van der Waals surface area contributed by atoms with Crippen molar-refractivity contribution < 1.29 is 4.74 Å². The minimum atomic E-state index is 0.615. The maximum absolute atomic E-state index is 5.76. The summed E-state index contributed by atoms with van der Waals surface area (Å²) >= 11 is 5.76. The van der Waals surface area contributed by atoms with Crippen molar-refractivity contribution in [2.45, 2.75) is 20.0 Å². The van der Waals surface area contributed by atoms with Crippen LogP contribution in [0.5, 0.6) is 0 Å². The Bertz CT molecular complexity index is 292. The van der Waals surface area contributed by atoms with E-state index in [0.717, 1.165) is 32.0 Å². The third-order valence-electron chi connectivity index (χ3n) is 2.37. The molecule has 6 heteroatoms. The number of aryl methyl sites for hydroxylation is 1. The molecule has 0 amide bonds. The molecular formula is C10H19ClN4O. The fraction of sp³-hybridized carbons (Fsp3) is 0.800. The van der Waals surface area contributed by atoms with Crippen molar-refractivity contribution in [2.24, 2.45) is 0 Å². The van der Waals surface area contributed by atoms with Crippen molar-refractivity contribution in [1.29, 1.82) is 0 Å². The van der Waals surface area contributed by atoms with E-state index in [4.69, 9.17) is 16.3 Å². The van der Waals surface area contributed by atoms with E-state index in [1.165, 1.54) is 0 Å². The Morgan fingerprint density at radius 3 is 2.94 bits per heavy atom. The summed E-state index contributed by atoms with van der Waals surface area (Å²) in [5, 5.41) is 4.14. The third-order valence-corrected chi connectivity index (χ3v) is 2.54. The second kappa shape index (κ2) is 7.60. The molecule has 0 N–H and O–H groups in total. The summed E-state index contributed by atoms with van der Waals surface area (Å²) < 4.78 is 6.96. The van der Waals surface area contributed by atoms with Crippen LogP contribution in [0.2, 0.25) is 0 Å². The molecule has 0 aliphatic rings. The first-order chi connectivity index (χ1) is 7.81. The molecule has 0 aliphatic heterocycles. The summed E-state index contributed by atoms with van der Waals surface area (Å²) in [6, 6.07) is 0. The van der Waals surface area contributed by atoms with E-state index in [1.807, 2.05) is 4.68 Å². The number of methoxy groups -OCH3 is 1. The second-order valence-electron chi connectivity index (χ2n) is 3.45. The molecule has 0 saturated carbocycles. The van der Waals surface area contributed by atoms with E-state index in [-0.39, 0.29) is 0 Å². The molecule has 1 aromatic rings. The first-order valence-corrected chi connectivity index (χ1v) is 5.99. The van der Waals surface area contributed by atoms with Gasteiger partial charge >= 0.3 is 0 Å². The molecule has 0 fully saturated rings. The van der Waals surface area contributed by atoms with E-state index in [2.05, 4.69) is 21.9 Å². The molecule has 0 bridgehead atoms. The molecule has 0 spiro atoms. The predicted molar refractivity (Wildman–Crippen MR) is 63.6 cm³/mol. The highest BCUT2D eigenvalue weighted by molar-refractivity contribution is 6.18. The van der Waals surface area contributed by atoms with Crippen molar-refractivity contribution in [2.75, 3.05) is 32.7 Å². The van der Waals surface area contributed by atoms with E-state index >= 15 is 0 Å². The predicted octanol–water partition coefficient (Wildman–Crippen LogP) is 0.985. The zero-order valence-electron chi connectivity index (χ0n) is 9.90. The Kier molecular flexibility index (Phi) is 6.37. The molecule has 0 aliphatic carbocycles. The largest absolute Gasteiger partial charge is 0.383 e. The molecule has 1 heterocycles. The van der Waals surface area contributed by atoms with Crippen LogP contribution in [0.4, 0.5) is 0 Å². The first kappa shape index (κ1) is 13.4. The molecule has 1 rings (SSSR count). The van der Waals surface area contributed by atoms with Crippen LogP contribution < -0.4 is 0 Å². The van der Waals surface area contributed by atoms with Gasteiger partial charge in [0.05, 0.1) is 13.2 Å². The van der Waals surface area contributed by atoms with Crippen LogP contribution >= 0.6 is 11.6 Å². The summed E-state index contributed by atoms with van der Waals surface area (Å²) in [7, 11) is 1.70. The Balaban J connectivity index is 2.52. The van der Waals surface area contributed by atoms with Crippen molar-refractivity contribution >= 4 is 11.6 Å². The van der Waals surface area contributed by atoms with Crippen LogP contribution in [0, 0.1) is 0 Å². The molecule has 16 heavy (non-hydrogen) atoms. The Morgan fingerprint density at radius 2 is 2.31 bits per heavy atom. The zero-order chi connectivity index (χ0) is 11.8. The fourth-order valence-corrected chi connectivity index (χ4v) is 1.72. The van der Waals surface area contributed by atoms with Gasteiger partial charge in [-0.2, -0.15) is 5.10 Å². The number of halogens is 1. The smallest absolute Gasteiger partial charge is 0.140 e. The quantitative estimate of drug-likeness (QED) is 0.642. The standard InChI is InChI=1S/C10H19ClN4O/c1-3-15-10(12-9-13-15)8-14(5-4-11)6-7-16-2/h9H,3-8H2,1-2H3. The third kappa shape index (κ3) is 4.08. The normalized spacial score (nSPS) is 11.2. The summed E-state index contributed by atoms with van der Waals surface area (Å²) in [6.45, 7) is 6.07. The summed E-state index contributed by atoms with van der Waals surface area (Å²) in [5.74, 6) is 1.59. The van der Waals surface area contributed by atoms with Gasteiger partial charge in [0.1, 0.15) is 12.2 Å². The Hall–Kier alpha value is -0.650. The molecular weight excluding hydrogens is 228 g/mol. The van der Waals surface area contributed by atoms with E-state index in [0.29, 0.717) is 12.5 Å². The highest BCUT2D eigenvalue weighted by atomic mass is 35.5. The molecule has 0 atom stereocenters. The van der Waals surface area contributed by atoms with Gasteiger partial charge in [-0.25, -0.2) is 9.67 Å². The molecule has 0 radical (unpaired) electrons. The van der Waals surface area contributed by atoms with Gasteiger partial charge in [-0.1, -0.05) is 0 Å². The second-order valence-corrected chi connectivity index (χ2v) is 3.83. The Labute approximate surface area is 101 Å². The topological polar surface area (TPSA) is 43.2 Å². The van der Waals surface area contributed by atoms with Crippen molar-refractivity contribution in [1.82, 2.24) is 19.7 Å². The van der Waals surface area contributed by atoms with Crippen LogP contribution in [0.15, 0.2) is 6.33 Å². The number of aromatic nitrogens is 3. The Morgan fingerprint density at radius 1 is 1.50 bits per heavy atom. The lowest BCUT2D eigenvalue weighted by molar-refractivity contribution is 0.145. The SMILES string of the molecule is CCn1ncnc1CN(CCCl)CCOC. The lowest BCUT2D eigenvalue weighted by Crippen LogP contribution is -2.30. The monoisotopic (exact) mass is 246 g/mol. The molecule has 0 saturated heterocycles. The van der Waals surface area contributed by atoms with Gasteiger partial charge in [-0.05, 0) is 6.92 Å². The number of nitrogens with zero attached hydrogens (tertiary/aromatic N) is 4. The van der Waals surface area contributed by atoms with E-state index in [9.17, 15) is 0 Å². The van der Waals surface area contributed by atoms with Crippen molar-refractivity contribution in [3.63, 3.8) is 0 Å². The minimum Gasteiger partial charge on any atom is -0.383 e. The maximum Gasteiger partial charge on any atom is 0.140 e. The average Bonchev–Trinajstić information content (AvgIpc) is 2.73. The van der Waals surface area contributed by atoms with Crippen LogP contribution in [0.25, 0.3) is 0 Å². The average molecular weight is 247 g/mol. The van der Waals surface area contributed by atoms with Gasteiger partial charge in [-0.3, -0.25) is 4.90 Å². The fourth-order valence-electron chi connectivity index (χ4n) is 1.48. The van der Waals surface area contributed by atoms with Crippen molar-refractivity contribution in [3.8, 4) is 0 Å². The summed E-state index contributed by atoms with van der Waals surface area (Å²) in [4.78, 5) is 6.46.